The average molecular weight is 230 g/mol. The van der Waals surface area contributed by atoms with Crippen molar-refractivity contribution >= 4 is 27.5 Å². The quantitative estimate of drug-likeness (QED) is 0.680. The number of rotatable bonds is 1. The zero-order valence-corrected chi connectivity index (χ0v) is 7.93. The molecule has 0 aliphatic heterocycles. The van der Waals surface area contributed by atoms with Gasteiger partial charge in [0, 0.05) is 4.47 Å². The third-order valence-electron chi connectivity index (χ3n) is 1.25. The largest absolute Gasteiger partial charge is 0.196 e. The number of hydrogen-bond acceptors (Lipinski definition) is 1. The summed E-state index contributed by atoms with van der Waals surface area (Å²) in [5, 5.41) is 7.93. The molecule has 56 valence electrons. The number of halogens is 2. The third kappa shape index (κ3) is 2.21. The Labute approximate surface area is 78.7 Å². The van der Waals surface area contributed by atoms with Crippen LogP contribution in [0.15, 0.2) is 28.7 Å². The first-order chi connectivity index (χ1) is 5.24. The lowest BCUT2D eigenvalue weighted by Crippen LogP contribution is -1.84. The molecule has 0 aliphatic carbocycles. The van der Waals surface area contributed by atoms with E-state index < -0.39 is 5.38 Å². The molecule has 3 heteroatoms. The molecule has 0 saturated carbocycles. The van der Waals surface area contributed by atoms with Crippen molar-refractivity contribution in [2.45, 2.75) is 5.38 Å². The third-order valence-corrected chi connectivity index (χ3v) is 2.10. The molecule has 0 aromatic heterocycles. The van der Waals surface area contributed by atoms with Crippen LogP contribution in [0.2, 0.25) is 0 Å². The Kier molecular flexibility index (Phi) is 2.92. The van der Waals surface area contributed by atoms with E-state index in [2.05, 4.69) is 15.9 Å². The second kappa shape index (κ2) is 3.75. The van der Waals surface area contributed by atoms with E-state index in [0.29, 0.717) is 0 Å². The van der Waals surface area contributed by atoms with Crippen molar-refractivity contribution in [1.29, 1.82) is 5.26 Å². The number of nitrogens with zero attached hydrogens (tertiary/aromatic N) is 1. The molecule has 0 aliphatic rings. The first-order valence-corrected chi connectivity index (χ1v) is 4.26. The molecular formula is C8H5BrClN. The number of nitriles is 1. The normalized spacial score (nSPS) is 12.1. The van der Waals surface area contributed by atoms with Gasteiger partial charge >= 0.3 is 0 Å². The van der Waals surface area contributed by atoms with E-state index in [1.165, 1.54) is 0 Å². The van der Waals surface area contributed by atoms with E-state index >= 15 is 0 Å². The molecular weight excluding hydrogens is 225 g/mol. The minimum absolute atomic E-state index is 0.549. The van der Waals surface area contributed by atoms with Crippen molar-refractivity contribution in [3.63, 3.8) is 0 Å². The molecule has 1 nitrogen and oxygen atoms in total. The molecule has 1 aromatic carbocycles. The van der Waals surface area contributed by atoms with Gasteiger partial charge in [-0.2, -0.15) is 5.26 Å². The summed E-state index contributed by atoms with van der Waals surface area (Å²) < 4.78 is 0.941. The van der Waals surface area contributed by atoms with Gasteiger partial charge in [0.1, 0.15) is 5.38 Å². The van der Waals surface area contributed by atoms with Crippen molar-refractivity contribution in [1.82, 2.24) is 0 Å². The fourth-order valence-corrected chi connectivity index (χ4v) is 1.29. The Hall–Kier alpha value is -0.520. The molecule has 0 N–H and O–H groups in total. The van der Waals surface area contributed by atoms with Gasteiger partial charge < -0.3 is 0 Å². The van der Waals surface area contributed by atoms with Crippen LogP contribution in [0.1, 0.15) is 10.9 Å². The van der Waals surface area contributed by atoms with Crippen LogP contribution in [-0.4, -0.2) is 0 Å². The Morgan fingerprint density at radius 1 is 1.55 bits per heavy atom. The smallest absolute Gasteiger partial charge is 0.145 e. The number of hydrogen-bond donors (Lipinski definition) is 0. The maximum absolute atomic E-state index is 8.48. The molecule has 0 radical (unpaired) electrons. The van der Waals surface area contributed by atoms with Crippen LogP contribution < -0.4 is 0 Å². The van der Waals surface area contributed by atoms with E-state index in [1.54, 1.807) is 0 Å². The first-order valence-electron chi connectivity index (χ1n) is 3.03. The fourth-order valence-electron chi connectivity index (χ4n) is 0.739. The van der Waals surface area contributed by atoms with Crippen molar-refractivity contribution in [3.05, 3.63) is 34.3 Å². The SMILES string of the molecule is N#CC(Cl)c1cccc(Br)c1. The lowest BCUT2D eigenvalue weighted by molar-refractivity contribution is 1.21. The standard InChI is InChI=1S/C8H5BrClN/c9-7-3-1-2-6(4-7)8(10)5-11/h1-4,8H. The summed E-state index contributed by atoms with van der Waals surface area (Å²) in [5.41, 5.74) is 0.823. The van der Waals surface area contributed by atoms with Crippen molar-refractivity contribution in [3.8, 4) is 6.07 Å². The summed E-state index contributed by atoms with van der Waals surface area (Å²) in [6, 6.07) is 9.36. The summed E-state index contributed by atoms with van der Waals surface area (Å²) in [4.78, 5) is 0. The van der Waals surface area contributed by atoms with Gasteiger partial charge in [0.05, 0.1) is 6.07 Å². The lowest BCUT2D eigenvalue weighted by Gasteiger charge is -1.99. The van der Waals surface area contributed by atoms with Crippen LogP contribution in [-0.2, 0) is 0 Å². The van der Waals surface area contributed by atoms with Crippen LogP contribution in [0.3, 0.4) is 0 Å². The highest BCUT2D eigenvalue weighted by molar-refractivity contribution is 9.10. The van der Waals surface area contributed by atoms with Crippen LogP contribution in [0.25, 0.3) is 0 Å². The summed E-state index contributed by atoms with van der Waals surface area (Å²) in [7, 11) is 0. The van der Waals surface area contributed by atoms with Crippen molar-refractivity contribution in [2.75, 3.05) is 0 Å². The van der Waals surface area contributed by atoms with Gasteiger partial charge in [-0.3, -0.25) is 0 Å². The highest BCUT2D eigenvalue weighted by atomic mass is 79.9. The predicted molar refractivity (Wildman–Crippen MR) is 48.3 cm³/mol. The van der Waals surface area contributed by atoms with Crippen LogP contribution in [0.4, 0.5) is 0 Å². The monoisotopic (exact) mass is 229 g/mol. The Morgan fingerprint density at radius 2 is 2.27 bits per heavy atom. The fraction of sp³-hybridized carbons (Fsp3) is 0.125. The van der Waals surface area contributed by atoms with E-state index in [9.17, 15) is 0 Å². The molecule has 0 amide bonds. The van der Waals surface area contributed by atoms with Gasteiger partial charge in [-0.15, -0.1) is 11.6 Å². The molecule has 0 spiro atoms. The summed E-state index contributed by atoms with van der Waals surface area (Å²) >= 11 is 8.97. The van der Waals surface area contributed by atoms with Crippen LogP contribution in [0.5, 0.6) is 0 Å². The Morgan fingerprint density at radius 3 is 2.82 bits per heavy atom. The minimum atomic E-state index is -0.549. The number of alkyl halides is 1. The first kappa shape index (κ1) is 8.58. The predicted octanol–water partition coefficient (Wildman–Crippen LogP) is 3.25. The molecule has 0 saturated heterocycles. The minimum Gasteiger partial charge on any atom is -0.196 e. The molecule has 11 heavy (non-hydrogen) atoms. The maximum atomic E-state index is 8.48. The summed E-state index contributed by atoms with van der Waals surface area (Å²) in [5.74, 6) is 0. The average Bonchev–Trinajstić information content (AvgIpc) is 2.03. The van der Waals surface area contributed by atoms with Crippen molar-refractivity contribution < 1.29 is 0 Å². The highest BCUT2D eigenvalue weighted by Gasteiger charge is 2.04. The van der Waals surface area contributed by atoms with Gasteiger partial charge in [0.25, 0.3) is 0 Å². The molecule has 0 heterocycles. The van der Waals surface area contributed by atoms with Gasteiger partial charge in [0.2, 0.25) is 0 Å². The van der Waals surface area contributed by atoms with E-state index in [0.717, 1.165) is 10.0 Å². The highest BCUT2D eigenvalue weighted by Crippen LogP contribution is 2.22. The van der Waals surface area contributed by atoms with Gasteiger partial charge in [-0.1, -0.05) is 28.1 Å². The second-order valence-electron chi connectivity index (χ2n) is 2.05. The van der Waals surface area contributed by atoms with Crippen LogP contribution in [0, 0.1) is 11.3 Å². The topological polar surface area (TPSA) is 23.8 Å². The van der Waals surface area contributed by atoms with Gasteiger partial charge in [-0.05, 0) is 17.7 Å². The second-order valence-corrected chi connectivity index (χ2v) is 3.40. The zero-order chi connectivity index (χ0) is 8.27. The summed E-state index contributed by atoms with van der Waals surface area (Å²) in [6.45, 7) is 0. The van der Waals surface area contributed by atoms with Crippen LogP contribution >= 0.6 is 27.5 Å². The molecule has 1 rings (SSSR count). The molecule has 0 bridgehead atoms. The molecule has 1 atom stereocenters. The van der Waals surface area contributed by atoms with Gasteiger partial charge in [0.15, 0.2) is 0 Å². The lowest BCUT2D eigenvalue weighted by atomic mass is 10.2. The van der Waals surface area contributed by atoms with Crippen molar-refractivity contribution in [2.24, 2.45) is 0 Å². The van der Waals surface area contributed by atoms with E-state index in [4.69, 9.17) is 16.9 Å². The summed E-state index contributed by atoms with van der Waals surface area (Å²) in [6.07, 6.45) is 0. The maximum Gasteiger partial charge on any atom is 0.145 e. The van der Waals surface area contributed by atoms with Gasteiger partial charge in [-0.25, -0.2) is 0 Å². The molecule has 1 aromatic rings. The zero-order valence-electron chi connectivity index (χ0n) is 5.59. The Bertz CT molecular complexity index is 292. The molecule has 0 fully saturated rings. The molecule has 1 unspecified atom stereocenters. The van der Waals surface area contributed by atoms with E-state index in [-0.39, 0.29) is 0 Å². The Balaban J connectivity index is 2.98. The van der Waals surface area contributed by atoms with E-state index in [1.807, 2.05) is 30.3 Å². The number of benzene rings is 1.